The van der Waals surface area contributed by atoms with Crippen LogP contribution in [0.15, 0.2) is 0 Å². The first kappa shape index (κ1) is 13.0. The molecule has 13 heavy (non-hydrogen) atoms. The van der Waals surface area contributed by atoms with Gasteiger partial charge in [0, 0.05) is 0 Å². The van der Waals surface area contributed by atoms with E-state index in [1.165, 1.54) is 45.1 Å². The fraction of sp³-hybridized carbons (Fsp3) is 1.00. The van der Waals surface area contributed by atoms with Gasteiger partial charge >= 0.3 is 0 Å². The van der Waals surface area contributed by atoms with E-state index in [4.69, 9.17) is 0 Å². The Balaban J connectivity index is 3.00. The number of nitrogens with one attached hydrogen (secondary N) is 1. The molecule has 0 aliphatic carbocycles. The molecule has 0 amide bonds. The van der Waals surface area contributed by atoms with Crippen molar-refractivity contribution in [1.82, 2.24) is 5.32 Å². The van der Waals surface area contributed by atoms with Gasteiger partial charge in [-0.25, -0.2) is 0 Å². The van der Waals surface area contributed by atoms with E-state index in [1.54, 1.807) is 0 Å². The number of unbranched alkanes of at least 4 members (excludes halogenated alkanes) is 4. The molecule has 0 heterocycles. The van der Waals surface area contributed by atoms with E-state index < -0.39 is 0 Å². The van der Waals surface area contributed by atoms with Gasteiger partial charge in [-0.1, -0.05) is 46.5 Å². The summed E-state index contributed by atoms with van der Waals surface area (Å²) in [7, 11) is 2.03. The highest BCUT2D eigenvalue weighted by molar-refractivity contribution is 4.60. The molecule has 0 saturated carbocycles. The van der Waals surface area contributed by atoms with Gasteiger partial charge in [-0.15, -0.1) is 0 Å². The molecule has 0 aromatic heterocycles. The van der Waals surface area contributed by atoms with Crippen molar-refractivity contribution in [3.8, 4) is 0 Å². The van der Waals surface area contributed by atoms with E-state index in [0.29, 0.717) is 5.41 Å². The first-order chi connectivity index (χ1) is 6.06. The third-order valence-electron chi connectivity index (χ3n) is 2.35. The minimum absolute atomic E-state index is 0.533. The molecule has 0 aromatic rings. The number of rotatable bonds is 7. The second-order valence-corrected chi connectivity index (χ2v) is 5.18. The largest absolute Gasteiger partial charge is 0.320 e. The molecular weight excluding hydrogens is 158 g/mol. The van der Waals surface area contributed by atoms with Gasteiger partial charge in [0.15, 0.2) is 0 Å². The second-order valence-electron chi connectivity index (χ2n) is 5.18. The van der Waals surface area contributed by atoms with Gasteiger partial charge in [-0.2, -0.15) is 0 Å². The zero-order valence-electron chi connectivity index (χ0n) is 9.95. The maximum absolute atomic E-state index is 3.18. The average Bonchev–Trinajstić information content (AvgIpc) is 2.01. The van der Waals surface area contributed by atoms with Gasteiger partial charge in [0.2, 0.25) is 0 Å². The fourth-order valence-corrected chi connectivity index (χ4v) is 1.49. The maximum atomic E-state index is 3.18. The van der Waals surface area contributed by atoms with Crippen molar-refractivity contribution in [2.24, 2.45) is 5.41 Å². The average molecular weight is 185 g/mol. The summed E-state index contributed by atoms with van der Waals surface area (Å²) < 4.78 is 0. The lowest BCUT2D eigenvalue weighted by Gasteiger charge is -2.17. The van der Waals surface area contributed by atoms with Crippen LogP contribution in [0.25, 0.3) is 0 Å². The molecule has 0 aromatic carbocycles. The summed E-state index contributed by atoms with van der Waals surface area (Å²) in [6.07, 6.45) is 8.35. The molecule has 0 spiro atoms. The molecular formula is C12H27N. The third-order valence-corrected chi connectivity index (χ3v) is 2.35. The van der Waals surface area contributed by atoms with E-state index in [1.807, 2.05) is 7.05 Å². The van der Waals surface area contributed by atoms with Crippen molar-refractivity contribution >= 4 is 0 Å². The minimum Gasteiger partial charge on any atom is -0.320 e. The van der Waals surface area contributed by atoms with Crippen LogP contribution in [0, 0.1) is 5.41 Å². The van der Waals surface area contributed by atoms with Crippen LogP contribution >= 0.6 is 0 Å². The van der Waals surface area contributed by atoms with Gasteiger partial charge in [0.1, 0.15) is 0 Å². The molecule has 1 heteroatoms. The Kier molecular flexibility index (Phi) is 7.35. The Morgan fingerprint density at radius 2 is 1.38 bits per heavy atom. The molecule has 0 atom stereocenters. The van der Waals surface area contributed by atoms with Crippen molar-refractivity contribution in [2.75, 3.05) is 13.6 Å². The van der Waals surface area contributed by atoms with E-state index in [9.17, 15) is 0 Å². The molecule has 0 rings (SSSR count). The van der Waals surface area contributed by atoms with Crippen LogP contribution in [-0.2, 0) is 0 Å². The lowest BCUT2D eigenvalue weighted by molar-refractivity contribution is 0.356. The predicted octanol–water partition coefficient (Wildman–Crippen LogP) is 3.59. The summed E-state index contributed by atoms with van der Waals surface area (Å²) in [4.78, 5) is 0. The summed E-state index contributed by atoms with van der Waals surface area (Å²) in [6, 6.07) is 0. The van der Waals surface area contributed by atoms with Crippen molar-refractivity contribution in [3.63, 3.8) is 0 Å². The van der Waals surface area contributed by atoms with Crippen LogP contribution in [0.1, 0.15) is 59.3 Å². The van der Waals surface area contributed by atoms with Gasteiger partial charge in [-0.3, -0.25) is 0 Å². The zero-order chi connectivity index (χ0) is 10.2. The Morgan fingerprint density at radius 1 is 0.846 bits per heavy atom. The minimum atomic E-state index is 0.533. The Bertz CT molecular complexity index is 102. The van der Waals surface area contributed by atoms with Crippen molar-refractivity contribution < 1.29 is 0 Å². The Labute approximate surface area is 84.3 Å². The van der Waals surface area contributed by atoms with Gasteiger partial charge in [0.25, 0.3) is 0 Å². The summed E-state index contributed by atoms with van der Waals surface area (Å²) in [5.41, 5.74) is 0.533. The van der Waals surface area contributed by atoms with Crippen LogP contribution in [0.5, 0.6) is 0 Å². The van der Waals surface area contributed by atoms with Gasteiger partial charge in [0.05, 0.1) is 0 Å². The molecule has 0 radical (unpaired) electrons. The Hall–Kier alpha value is -0.0400. The van der Waals surface area contributed by atoms with Crippen LogP contribution < -0.4 is 5.32 Å². The SMILES string of the molecule is CNCCCCCCCC(C)(C)C. The smallest absolute Gasteiger partial charge is 0.00519 e. The molecule has 0 saturated heterocycles. The fourth-order valence-electron chi connectivity index (χ4n) is 1.49. The zero-order valence-corrected chi connectivity index (χ0v) is 9.95. The number of hydrogen-bond donors (Lipinski definition) is 1. The molecule has 80 valence electrons. The third kappa shape index (κ3) is 12.0. The summed E-state index contributed by atoms with van der Waals surface area (Å²) in [6.45, 7) is 8.16. The monoisotopic (exact) mass is 185 g/mol. The topological polar surface area (TPSA) is 12.0 Å². The first-order valence-corrected chi connectivity index (χ1v) is 5.71. The highest BCUT2D eigenvalue weighted by atomic mass is 14.8. The molecule has 0 fully saturated rings. The quantitative estimate of drug-likeness (QED) is 0.598. The molecule has 0 aliphatic rings. The molecule has 1 N–H and O–H groups in total. The Morgan fingerprint density at radius 3 is 1.92 bits per heavy atom. The van der Waals surface area contributed by atoms with E-state index in [0.717, 1.165) is 0 Å². The van der Waals surface area contributed by atoms with E-state index in [2.05, 4.69) is 26.1 Å². The summed E-state index contributed by atoms with van der Waals surface area (Å²) >= 11 is 0. The van der Waals surface area contributed by atoms with Crippen molar-refractivity contribution in [1.29, 1.82) is 0 Å². The molecule has 0 unspecified atom stereocenters. The lowest BCUT2D eigenvalue weighted by Crippen LogP contribution is -2.07. The molecule has 0 aliphatic heterocycles. The maximum Gasteiger partial charge on any atom is -0.00519 e. The highest BCUT2D eigenvalue weighted by Gasteiger charge is 2.08. The summed E-state index contributed by atoms with van der Waals surface area (Å²) in [5.74, 6) is 0. The van der Waals surface area contributed by atoms with Gasteiger partial charge < -0.3 is 5.32 Å². The van der Waals surface area contributed by atoms with Crippen LogP contribution in [-0.4, -0.2) is 13.6 Å². The standard InChI is InChI=1S/C12H27N/c1-12(2,3)10-8-6-5-7-9-11-13-4/h13H,5-11H2,1-4H3. The van der Waals surface area contributed by atoms with Crippen LogP contribution in [0.2, 0.25) is 0 Å². The van der Waals surface area contributed by atoms with Gasteiger partial charge in [-0.05, 0) is 31.8 Å². The van der Waals surface area contributed by atoms with E-state index in [-0.39, 0.29) is 0 Å². The highest BCUT2D eigenvalue weighted by Crippen LogP contribution is 2.22. The van der Waals surface area contributed by atoms with Crippen molar-refractivity contribution in [2.45, 2.75) is 59.3 Å². The van der Waals surface area contributed by atoms with Crippen LogP contribution in [0.4, 0.5) is 0 Å². The summed E-state index contributed by atoms with van der Waals surface area (Å²) in [5, 5.41) is 3.18. The van der Waals surface area contributed by atoms with E-state index >= 15 is 0 Å². The number of hydrogen-bond acceptors (Lipinski definition) is 1. The van der Waals surface area contributed by atoms with Crippen LogP contribution in [0.3, 0.4) is 0 Å². The lowest BCUT2D eigenvalue weighted by atomic mass is 9.89. The van der Waals surface area contributed by atoms with Crippen molar-refractivity contribution in [3.05, 3.63) is 0 Å². The molecule has 1 nitrogen and oxygen atoms in total. The predicted molar refractivity (Wildman–Crippen MR) is 61.1 cm³/mol. The molecule has 0 bridgehead atoms. The normalized spacial score (nSPS) is 12.0. The second kappa shape index (κ2) is 7.37. The first-order valence-electron chi connectivity index (χ1n) is 5.71.